The molecule has 1 aliphatic carbocycles. The zero-order chi connectivity index (χ0) is 24.6. The summed E-state index contributed by atoms with van der Waals surface area (Å²) in [6.45, 7) is 2.86. The molecule has 0 saturated carbocycles. The Bertz CT molecular complexity index is 407. The van der Waals surface area contributed by atoms with Gasteiger partial charge in [-0.15, -0.1) is 30.7 Å². The Labute approximate surface area is 192 Å². The summed E-state index contributed by atoms with van der Waals surface area (Å²) in [4.78, 5) is 0. The summed E-state index contributed by atoms with van der Waals surface area (Å²) in [7, 11) is -14.8. The van der Waals surface area contributed by atoms with Crippen molar-refractivity contribution in [1.82, 2.24) is 0 Å². The van der Waals surface area contributed by atoms with Crippen LogP contribution < -0.4 is 55.9 Å². The average molecular weight is 592 g/mol. The summed E-state index contributed by atoms with van der Waals surface area (Å²) in [6.07, 6.45) is 14.0. The molecule has 0 heterocycles. The standard InChI is InChI=1S/C8H12.2C2H3N.3ClHO4.Rh/c1-2-4-6-8-7-5-3-1;2*1-2-3;3*2-1(3,4)5;/h1-4H,5-8H2;2*1H3;3*(H,2,3,4,5);/q;;;;;;+3/p-3/b3-1-,4-2-;;;;;;. The molecule has 178 valence electrons. The second-order valence-corrected chi connectivity index (χ2v) is 5.99. The molecule has 0 amide bonds. The Morgan fingerprint density at radius 2 is 0.700 bits per heavy atom. The van der Waals surface area contributed by atoms with Gasteiger partial charge in [-0.25, -0.2) is 55.9 Å². The Morgan fingerprint density at radius 3 is 0.833 bits per heavy atom. The molecule has 1 aliphatic rings. The number of rotatable bonds is 0. The number of nitrogens with zero attached hydrogens (tertiary/aromatic N) is 2. The fourth-order valence-corrected chi connectivity index (χ4v) is 0.874. The summed E-state index contributed by atoms with van der Waals surface area (Å²) >= 11 is 0. The van der Waals surface area contributed by atoms with E-state index in [1.165, 1.54) is 39.5 Å². The van der Waals surface area contributed by atoms with Crippen LogP contribution in [-0.4, -0.2) is 0 Å². The molecule has 0 atom stereocenters. The van der Waals surface area contributed by atoms with Crippen molar-refractivity contribution >= 4 is 0 Å². The molecule has 0 aromatic carbocycles. The number of hydrogen-bond donors (Lipinski definition) is 0. The molecule has 18 heteroatoms. The summed E-state index contributed by atoms with van der Waals surface area (Å²) in [6, 6.07) is 3.50. The van der Waals surface area contributed by atoms with Crippen molar-refractivity contribution in [2.45, 2.75) is 39.5 Å². The van der Waals surface area contributed by atoms with Crippen molar-refractivity contribution in [3.8, 4) is 12.1 Å². The maximum absolute atomic E-state index is 8.49. The zero-order valence-corrected chi connectivity index (χ0v) is 19.3. The number of allylic oxidation sites excluding steroid dienone is 4. The molecule has 1 rings (SSSR count). The quantitative estimate of drug-likeness (QED) is 0.236. The van der Waals surface area contributed by atoms with Crippen LogP contribution in [0, 0.1) is 53.4 Å². The molecule has 0 saturated heterocycles. The largest absolute Gasteiger partial charge is 3.00 e. The molecule has 0 bridgehead atoms. The van der Waals surface area contributed by atoms with Crippen LogP contribution in [0.2, 0.25) is 0 Å². The van der Waals surface area contributed by atoms with Crippen molar-refractivity contribution in [2.24, 2.45) is 0 Å². The summed E-state index contributed by atoms with van der Waals surface area (Å²) in [5, 5.41) is 14.6. The maximum atomic E-state index is 8.49. The fraction of sp³-hybridized carbons (Fsp3) is 0.500. The summed E-state index contributed by atoms with van der Waals surface area (Å²) < 4.78 is 102. The van der Waals surface area contributed by atoms with E-state index in [0.717, 1.165) is 0 Å². The smallest absolute Gasteiger partial charge is 0.222 e. The predicted molar refractivity (Wildman–Crippen MR) is 59.3 cm³/mol. The van der Waals surface area contributed by atoms with Gasteiger partial charge in [-0.1, -0.05) is 24.3 Å². The molecule has 0 radical (unpaired) electrons. The normalized spacial score (nSPS) is 14.0. The van der Waals surface area contributed by atoms with Gasteiger partial charge in [0.2, 0.25) is 0 Å². The first-order chi connectivity index (χ1) is 12.8. The van der Waals surface area contributed by atoms with Crippen LogP contribution in [0.15, 0.2) is 24.3 Å². The van der Waals surface area contributed by atoms with Gasteiger partial charge < -0.3 is 0 Å². The Kier molecular flexibility index (Phi) is 41.2. The monoisotopic (exact) mass is 590 g/mol. The van der Waals surface area contributed by atoms with Crippen molar-refractivity contribution in [3.05, 3.63) is 24.3 Å². The van der Waals surface area contributed by atoms with Crippen LogP contribution in [0.4, 0.5) is 0 Å². The molecule has 0 spiro atoms. The van der Waals surface area contributed by atoms with Crippen LogP contribution in [0.5, 0.6) is 0 Å². The van der Waals surface area contributed by atoms with E-state index < -0.39 is 30.7 Å². The van der Waals surface area contributed by atoms with Crippen LogP contribution in [0.1, 0.15) is 39.5 Å². The summed E-state index contributed by atoms with van der Waals surface area (Å²) in [5.41, 5.74) is 0. The molecule has 0 fully saturated rings. The molecular weight excluding hydrogens is 573 g/mol. The second kappa shape index (κ2) is 28.5. The van der Waals surface area contributed by atoms with E-state index in [-0.39, 0.29) is 19.5 Å². The molecule has 30 heavy (non-hydrogen) atoms. The van der Waals surface area contributed by atoms with E-state index in [1.54, 1.807) is 12.1 Å². The minimum Gasteiger partial charge on any atom is -0.222 e. The van der Waals surface area contributed by atoms with Crippen molar-refractivity contribution in [1.29, 1.82) is 10.5 Å². The van der Waals surface area contributed by atoms with Crippen molar-refractivity contribution in [3.63, 3.8) is 0 Å². The average Bonchev–Trinajstić information content (AvgIpc) is 2.32. The minimum atomic E-state index is -4.94. The summed E-state index contributed by atoms with van der Waals surface area (Å²) in [5.74, 6) is 0. The zero-order valence-electron chi connectivity index (χ0n) is 15.4. The van der Waals surface area contributed by atoms with Gasteiger partial charge in [0.05, 0.1) is 12.1 Å². The van der Waals surface area contributed by atoms with Gasteiger partial charge in [-0.05, 0) is 25.7 Å². The molecular formula is C12H18Cl3N2O12Rh. The van der Waals surface area contributed by atoms with E-state index in [4.69, 9.17) is 66.4 Å². The van der Waals surface area contributed by atoms with E-state index in [2.05, 4.69) is 24.3 Å². The Balaban J connectivity index is -0.0000000595. The number of nitriles is 2. The Hall–Kier alpha value is -0.527. The van der Waals surface area contributed by atoms with Gasteiger partial charge in [-0.3, -0.25) is 0 Å². The van der Waals surface area contributed by atoms with E-state index in [0.29, 0.717) is 0 Å². The van der Waals surface area contributed by atoms with Crippen LogP contribution in [0.3, 0.4) is 0 Å². The van der Waals surface area contributed by atoms with Gasteiger partial charge in [0.25, 0.3) is 0 Å². The number of halogens is 3. The molecule has 0 N–H and O–H groups in total. The first kappa shape index (κ1) is 43.4. The first-order valence-corrected chi connectivity index (χ1v) is 10.3. The first-order valence-electron chi connectivity index (χ1n) is 6.62. The van der Waals surface area contributed by atoms with Gasteiger partial charge in [0, 0.05) is 13.8 Å². The molecule has 0 aromatic rings. The van der Waals surface area contributed by atoms with Crippen LogP contribution >= 0.6 is 0 Å². The second-order valence-electron chi connectivity index (χ2n) is 3.72. The van der Waals surface area contributed by atoms with E-state index >= 15 is 0 Å². The predicted octanol–water partition coefficient (Wildman–Crippen LogP) is -10.5. The van der Waals surface area contributed by atoms with E-state index in [9.17, 15) is 0 Å². The Morgan fingerprint density at radius 1 is 0.567 bits per heavy atom. The number of hydrogen-bond acceptors (Lipinski definition) is 14. The molecule has 0 aromatic heterocycles. The van der Waals surface area contributed by atoms with Crippen LogP contribution in [-0.2, 0) is 19.5 Å². The third kappa shape index (κ3) is 345. The van der Waals surface area contributed by atoms with E-state index in [1.807, 2.05) is 0 Å². The fourth-order valence-electron chi connectivity index (χ4n) is 0.874. The molecule has 14 nitrogen and oxygen atoms in total. The van der Waals surface area contributed by atoms with Crippen LogP contribution in [0.25, 0.3) is 0 Å². The van der Waals surface area contributed by atoms with Gasteiger partial charge in [-0.2, -0.15) is 10.5 Å². The third-order valence-electron chi connectivity index (χ3n) is 1.37. The van der Waals surface area contributed by atoms with Crippen molar-refractivity contribution < 1.29 is 106 Å². The van der Waals surface area contributed by atoms with Gasteiger partial charge in [0.15, 0.2) is 0 Å². The maximum Gasteiger partial charge on any atom is 3.00 e. The van der Waals surface area contributed by atoms with Gasteiger partial charge in [0.1, 0.15) is 0 Å². The minimum absolute atomic E-state index is 0. The third-order valence-corrected chi connectivity index (χ3v) is 1.37. The molecule has 0 unspecified atom stereocenters. The van der Waals surface area contributed by atoms with Crippen molar-refractivity contribution in [2.75, 3.05) is 0 Å². The van der Waals surface area contributed by atoms with Gasteiger partial charge >= 0.3 is 19.5 Å². The molecule has 0 aliphatic heterocycles. The topological polar surface area (TPSA) is 324 Å². The SMILES string of the molecule is C1=C\CCCC\C=C/1.CC#N.CC#N.[O-][Cl+3]([O-])([O-])[O-].[O-][Cl+3]([O-])([O-])[O-].[O-][Cl+3]([O-])([O-])[O-].[Rh+3].